The van der Waals surface area contributed by atoms with Crippen molar-refractivity contribution in [3.8, 4) is 11.6 Å². The smallest absolute Gasteiger partial charge is 0.213 e. The number of pyridine rings is 1. The van der Waals surface area contributed by atoms with E-state index in [1.54, 1.807) is 13.3 Å². The number of aliphatic imine (C=N–C) groups is 1. The summed E-state index contributed by atoms with van der Waals surface area (Å²) in [5, 5.41) is 6.69. The predicted molar refractivity (Wildman–Crippen MR) is 114 cm³/mol. The van der Waals surface area contributed by atoms with Crippen molar-refractivity contribution < 1.29 is 14.2 Å². The Kier molecular flexibility index (Phi) is 8.12. The SMILES string of the molecule is CCNC(=NCc1ccc(OCCOC)nc1)NCCc1ccc2c(c1)CCO2. The highest BCUT2D eigenvalue weighted by Crippen LogP contribution is 2.25. The van der Waals surface area contributed by atoms with Gasteiger partial charge in [0.25, 0.3) is 0 Å². The number of benzene rings is 1. The maximum atomic E-state index is 5.57. The first-order valence-electron chi connectivity index (χ1n) is 10.1. The highest BCUT2D eigenvalue weighted by molar-refractivity contribution is 5.79. The van der Waals surface area contributed by atoms with Gasteiger partial charge >= 0.3 is 0 Å². The zero-order valence-electron chi connectivity index (χ0n) is 17.2. The first-order chi connectivity index (χ1) is 14.3. The van der Waals surface area contributed by atoms with Gasteiger partial charge in [0.15, 0.2) is 5.96 Å². The number of fused-ring (bicyclic) bond motifs is 1. The highest BCUT2D eigenvalue weighted by Gasteiger charge is 2.11. The van der Waals surface area contributed by atoms with Gasteiger partial charge in [-0.3, -0.25) is 0 Å². The lowest BCUT2D eigenvalue weighted by Crippen LogP contribution is -2.38. The summed E-state index contributed by atoms with van der Waals surface area (Å²) < 4.78 is 16.0. The fourth-order valence-electron chi connectivity index (χ4n) is 3.05. The Morgan fingerprint density at radius 2 is 2.07 bits per heavy atom. The molecule has 3 rings (SSSR count). The Balaban J connectivity index is 1.47. The molecule has 0 atom stereocenters. The number of hydrogen-bond acceptors (Lipinski definition) is 5. The third kappa shape index (κ3) is 6.64. The zero-order chi connectivity index (χ0) is 20.3. The van der Waals surface area contributed by atoms with Crippen molar-refractivity contribution in [2.45, 2.75) is 26.3 Å². The van der Waals surface area contributed by atoms with Gasteiger partial charge in [-0.15, -0.1) is 0 Å². The number of hydrogen-bond donors (Lipinski definition) is 2. The van der Waals surface area contributed by atoms with E-state index in [1.807, 2.05) is 12.1 Å². The molecule has 2 heterocycles. The van der Waals surface area contributed by atoms with E-state index < -0.39 is 0 Å². The van der Waals surface area contributed by atoms with Gasteiger partial charge in [-0.25, -0.2) is 9.98 Å². The van der Waals surface area contributed by atoms with Crippen LogP contribution in [0.5, 0.6) is 11.6 Å². The monoisotopic (exact) mass is 398 g/mol. The number of nitrogens with one attached hydrogen (secondary N) is 2. The van der Waals surface area contributed by atoms with Crippen LogP contribution in [0.15, 0.2) is 41.5 Å². The van der Waals surface area contributed by atoms with Gasteiger partial charge in [-0.05, 0) is 36.1 Å². The molecular formula is C22H30N4O3. The molecule has 0 spiro atoms. The van der Waals surface area contributed by atoms with E-state index in [0.717, 1.165) is 49.8 Å². The third-order valence-electron chi connectivity index (χ3n) is 4.56. The predicted octanol–water partition coefficient (Wildman–Crippen LogP) is 2.34. The molecule has 1 aliphatic rings. The van der Waals surface area contributed by atoms with Crippen molar-refractivity contribution in [2.75, 3.05) is 40.0 Å². The number of guanidine groups is 1. The van der Waals surface area contributed by atoms with E-state index in [2.05, 4.69) is 45.7 Å². The minimum atomic E-state index is 0.493. The molecule has 1 aromatic heterocycles. The number of methoxy groups -OCH3 is 1. The van der Waals surface area contributed by atoms with E-state index in [-0.39, 0.29) is 0 Å². The first kappa shape index (κ1) is 20.9. The maximum absolute atomic E-state index is 5.57. The van der Waals surface area contributed by atoms with Crippen LogP contribution in [-0.4, -0.2) is 51.0 Å². The topological polar surface area (TPSA) is 77.0 Å². The number of ether oxygens (including phenoxy) is 3. The molecule has 156 valence electrons. The fourth-order valence-corrected chi connectivity index (χ4v) is 3.05. The zero-order valence-corrected chi connectivity index (χ0v) is 17.2. The summed E-state index contributed by atoms with van der Waals surface area (Å²) in [6.45, 7) is 6.08. The van der Waals surface area contributed by atoms with Gasteiger partial charge in [0.05, 0.1) is 19.8 Å². The molecule has 0 fully saturated rings. The molecule has 0 saturated heterocycles. The summed E-state index contributed by atoms with van der Waals surface area (Å²) in [5.41, 5.74) is 3.65. The molecule has 0 radical (unpaired) electrons. The molecule has 7 nitrogen and oxygen atoms in total. The van der Waals surface area contributed by atoms with Gasteiger partial charge in [-0.1, -0.05) is 18.2 Å². The van der Waals surface area contributed by atoms with Crippen LogP contribution in [0.3, 0.4) is 0 Å². The standard InChI is InChI=1S/C22H30N4O3/c1-3-23-22(24-10-8-17-4-6-20-19(14-17)9-11-28-20)26-16-18-5-7-21(25-15-18)29-13-12-27-2/h4-7,14-15H,3,8-13,16H2,1-2H3,(H2,23,24,26). The molecule has 0 saturated carbocycles. The molecule has 2 aromatic rings. The number of rotatable bonds is 10. The summed E-state index contributed by atoms with van der Waals surface area (Å²) >= 11 is 0. The van der Waals surface area contributed by atoms with E-state index in [0.29, 0.717) is 25.6 Å². The van der Waals surface area contributed by atoms with Crippen LogP contribution in [0.4, 0.5) is 0 Å². The van der Waals surface area contributed by atoms with E-state index in [9.17, 15) is 0 Å². The van der Waals surface area contributed by atoms with Crippen LogP contribution in [0.2, 0.25) is 0 Å². The van der Waals surface area contributed by atoms with Crippen molar-refractivity contribution in [3.05, 3.63) is 53.2 Å². The second-order valence-electron chi connectivity index (χ2n) is 6.76. The number of nitrogens with zero attached hydrogens (tertiary/aromatic N) is 2. The average Bonchev–Trinajstić information content (AvgIpc) is 3.21. The van der Waals surface area contributed by atoms with E-state index >= 15 is 0 Å². The van der Waals surface area contributed by atoms with Crippen LogP contribution in [0.1, 0.15) is 23.6 Å². The lowest BCUT2D eigenvalue weighted by atomic mass is 10.1. The van der Waals surface area contributed by atoms with Crippen molar-refractivity contribution in [2.24, 2.45) is 4.99 Å². The Morgan fingerprint density at radius 1 is 1.17 bits per heavy atom. The minimum Gasteiger partial charge on any atom is -0.493 e. The summed E-state index contributed by atoms with van der Waals surface area (Å²) in [7, 11) is 1.65. The average molecular weight is 399 g/mol. The molecule has 0 bridgehead atoms. The molecule has 29 heavy (non-hydrogen) atoms. The minimum absolute atomic E-state index is 0.493. The second-order valence-corrected chi connectivity index (χ2v) is 6.76. The second kappa shape index (κ2) is 11.3. The lowest BCUT2D eigenvalue weighted by Gasteiger charge is -2.12. The van der Waals surface area contributed by atoms with Crippen LogP contribution < -0.4 is 20.1 Å². The van der Waals surface area contributed by atoms with Crippen LogP contribution >= 0.6 is 0 Å². The number of aromatic nitrogens is 1. The normalized spacial score (nSPS) is 13.0. The van der Waals surface area contributed by atoms with Crippen molar-refractivity contribution in [1.82, 2.24) is 15.6 Å². The first-order valence-corrected chi connectivity index (χ1v) is 10.1. The highest BCUT2D eigenvalue weighted by atomic mass is 16.5. The Bertz CT molecular complexity index is 793. The Hall–Kier alpha value is -2.80. The molecule has 1 aromatic carbocycles. The van der Waals surface area contributed by atoms with Gasteiger partial charge in [0.2, 0.25) is 5.88 Å². The van der Waals surface area contributed by atoms with Gasteiger partial charge < -0.3 is 24.8 Å². The van der Waals surface area contributed by atoms with Crippen LogP contribution in [0, 0.1) is 0 Å². The van der Waals surface area contributed by atoms with Crippen molar-refractivity contribution in [1.29, 1.82) is 0 Å². The fraction of sp³-hybridized carbons (Fsp3) is 0.455. The molecule has 1 aliphatic heterocycles. The van der Waals surface area contributed by atoms with Gasteiger partial charge in [0.1, 0.15) is 12.4 Å². The van der Waals surface area contributed by atoms with Gasteiger partial charge in [-0.2, -0.15) is 0 Å². The summed E-state index contributed by atoms with van der Waals surface area (Å²) in [6, 6.07) is 10.3. The molecule has 7 heteroatoms. The molecule has 0 aliphatic carbocycles. The summed E-state index contributed by atoms with van der Waals surface area (Å²) in [6.07, 6.45) is 3.74. The summed E-state index contributed by atoms with van der Waals surface area (Å²) in [5.74, 6) is 2.43. The Morgan fingerprint density at radius 3 is 2.86 bits per heavy atom. The van der Waals surface area contributed by atoms with E-state index in [4.69, 9.17) is 14.2 Å². The van der Waals surface area contributed by atoms with Gasteiger partial charge in [0, 0.05) is 38.9 Å². The third-order valence-corrected chi connectivity index (χ3v) is 4.56. The largest absolute Gasteiger partial charge is 0.493 e. The van der Waals surface area contributed by atoms with E-state index in [1.165, 1.54) is 11.1 Å². The Labute approximate surface area is 172 Å². The van der Waals surface area contributed by atoms with Crippen molar-refractivity contribution in [3.63, 3.8) is 0 Å². The molecular weight excluding hydrogens is 368 g/mol. The molecule has 0 amide bonds. The maximum Gasteiger partial charge on any atom is 0.213 e. The summed E-state index contributed by atoms with van der Waals surface area (Å²) in [4.78, 5) is 8.96. The molecule has 0 unspecified atom stereocenters. The van der Waals surface area contributed by atoms with Crippen molar-refractivity contribution >= 4 is 5.96 Å². The molecule has 2 N–H and O–H groups in total. The lowest BCUT2D eigenvalue weighted by molar-refractivity contribution is 0.143. The van der Waals surface area contributed by atoms with Crippen LogP contribution in [0.25, 0.3) is 0 Å². The quantitative estimate of drug-likeness (QED) is 0.363. The van der Waals surface area contributed by atoms with Crippen LogP contribution in [-0.2, 0) is 24.1 Å².